The Kier molecular flexibility index (Phi) is 4.98. The molecule has 1 aliphatic heterocycles. The minimum absolute atomic E-state index is 0.0365. The van der Waals surface area contributed by atoms with Crippen molar-refractivity contribution < 1.29 is 14.6 Å². The van der Waals surface area contributed by atoms with Gasteiger partial charge in [-0.15, -0.1) is 0 Å². The van der Waals surface area contributed by atoms with Crippen LogP contribution in [0.5, 0.6) is 0 Å². The van der Waals surface area contributed by atoms with Gasteiger partial charge in [-0.2, -0.15) is 0 Å². The molecule has 1 N–H and O–H groups in total. The minimum Gasteiger partial charge on any atom is -0.394 e. The number of hydrogen-bond acceptors (Lipinski definition) is 3. The lowest BCUT2D eigenvalue weighted by Crippen LogP contribution is -2.31. The van der Waals surface area contributed by atoms with Crippen molar-refractivity contribution in [1.29, 1.82) is 0 Å². The highest BCUT2D eigenvalue weighted by molar-refractivity contribution is 5.15. The van der Waals surface area contributed by atoms with Gasteiger partial charge in [0.25, 0.3) is 0 Å². The van der Waals surface area contributed by atoms with E-state index >= 15 is 0 Å². The molecule has 0 aromatic heterocycles. The van der Waals surface area contributed by atoms with E-state index in [9.17, 15) is 5.11 Å². The average molecular weight is 236 g/mol. The third-order valence-electron chi connectivity index (χ3n) is 2.99. The first-order valence-electron chi connectivity index (χ1n) is 6.30. The van der Waals surface area contributed by atoms with Crippen molar-refractivity contribution in [1.82, 2.24) is 0 Å². The van der Waals surface area contributed by atoms with E-state index in [0.717, 1.165) is 32.3 Å². The van der Waals surface area contributed by atoms with Crippen LogP contribution >= 0.6 is 0 Å². The maximum Gasteiger partial charge on any atom is 0.158 e. The van der Waals surface area contributed by atoms with Crippen molar-refractivity contribution >= 4 is 0 Å². The van der Waals surface area contributed by atoms with Crippen molar-refractivity contribution in [2.75, 3.05) is 13.2 Å². The van der Waals surface area contributed by atoms with Gasteiger partial charge in [0.15, 0.2) is 6.29 Å². The topological polar surface area (TPSA) is 38.7 Å². The number of hydrogen-bond donors (Lipinski definition) is 1. The van der Waals surface area contributed by atoms with Crippen LogP contribution < -0.4 is 0 Å². The maximum absolute atomic E-state index is 9.34. The van der Waals surface area contributed by atoms with Crippen LogP contribution in [0, 0.1) is 0 Å². The van der Waals surface area contributed by atoms with Gasteiger partial charge in [-0.05, 0) is 24.8 Å². The Bertz CT molecular complexity index is 307. The van der Waals surface area contributed by atoms with Gasteiger partial charge in [0.2, 0.25) is 0 Å². The predicted molar refractivity (Wildman–Crippen MR) is 65.7 cm³/mol. The van der Waals surface area contributed by atoms with Gasteiger partial charge in [0.1, 0.15) is 0 Å². The number of aliphatic hydroxyl groups excluding tert-OH is 1. The molecular weight excluding hydrogens is 216 g/mol. The molecule has 0 spiro atoms. The molecule has 2 atom stereocenters. The van der Waals surface area contributed by atoms with Gasteiger partial charge in [-0.3, -0.25) is 0 Å². The normalized spacial score (nSPS) is 22.3. The molecule has 1 aromatic rings. The number of aliphatic hydroxyl groups is 1. The van der Waals surface area contributed by atoms with Crippen molar-refractivity contribution in [3.8, 4) is 0 Å². The second kappa shape index (κ2) is 6.74. The monoisotopic (exact) mass is 236 g/mol. The SMILES string of the molecule is OC[C@H](Cc1ccccc1)OC1CCCCO1. The van der Waals surface area contributed by atoms with Crippen LogP contribution in [0.25, 0.3) is 0 Å². The van der Waals surface area contributed by atoms with E-state index < -0.39 is 0 Å². The molecule has 1 aromatic carbocycles. The first-order valence-corrected chi connectivity index (χ1v) is 6.30. The summed E-state index contributed by atoms with van der Waals surface area (Å²) in [7, 11) is 0. The summed E-state index contributed by atoms with van der Waals surface area (Å²) in [5, 5.41) is 9.34. The van der Waals surface area contributed by atoms with Gasteiger partial charge in [-0.25, -0.2) is 0 Å². The molecule has 1 saturated heterocycles. The zero-order valence-electron chi connectivity index (χ0n) is 10.0. The summed E-state index contributed by atoms with van der Waals surface area (Å²) < 4.78 is 11.3. The van der Waals surface area contributed by atoms with Gasteiger partial charge in [0, 0.05) is 13.0 Å². The standard InChI is InChI=1S/C14H20O3/c15-11-13(10-12-6-2-1-3-7-12)17-14-8-4-5-9-16-14/h1-3,6-7,13-15H,4-5,8-11H2/t13-,14?/m0/s1. The van der Waals surface area contributed by atoms with Crippen LogP contribution in [-0.4, -0.2) is 30.7 Å². The molecule has 17 heavy (non-hydrogen) atoms. The molecule has 1 fully saturated rings. The van der Waals surface area contributed by atoms with E-state index in [-0.39, 0.29) is 19.0 Å². The number of ether oxygens (including phenoxy) is 2. The van der Waals surface area contributed by atoms with Gasteiger partial charge in [-0.1, -0.05) is 30.3 Å². The molecule has 2 rings (SSSR count). The van der Waals surface area contributed by atoms with Crippen LogP contribution in [0.1, 0.15) is 24.8 Å². The molecule has 1 aliphatic rings. The van der Waals surface area contributed by atoms with Crippen LogP contribution in [0.15, 0.2) is 30.3 Å². The summed E-state index contributed by atoms with van der Waals surface area (Å²) in [4.78, 5) is 0. The van der Waals surface area contributed by atoms with Gasteiger partial charge >= 0.3 is 0 Å². The minimum atomic E-state index is -0.166. The fourth-order valence-corrected chi connectivity index (χ4v) is 2.07. The van der Waals surface area contributed by atoms with E-state index in [2.05, 4.69) is 0 Å². The van der Waals surface area contributed by atoms with Gasteiger partial charge < -0.3 is 14.6 Å². The molecular formula is C14H20O3. The summed E-state index contributed by atoms with van der Waals surface area (Å²) in [6.45, 7) is 0.808. The largest absolute Gasteiger partial charge is 0.394 e. The smallest absolute Gasteiger partial charge is 0.158 e. The lowest BCUT2D eigenvalue weighted by Gasteiger charge is -2.27. The molecule has 1 unspecified atom stereocenters. The zero-order valence-corrected chi connectivity index (χ0v) is 10.0. The molecule has 3 nitrogen and oxygen atoms in total. The molecule has 3 heteroatoms. The first-order chi connectivity index (χ1) is 8.38. The highest BCUT2D eigenvalue weighted by Crippen LogP contribution is 2.17. The fraction of sp³-hybridized carbons (Fsp3) is 0.571. The summed E-state index contributed by atoms with van der Waals surface area (Å²) in [6, 6.07) is 10.1. The Morgan fingerprint density at radius 2 is 2.12 bits per heavy atom. The molecule has 94 valence electrons. The lowest BCUT2D eigenvalue weighted by molar-refractivity contribution is -0.194. The van der Waals surface area contributed by atoms with E-state index in [4.69, 9.17) is 9.47 Å². The molecule has 0 saturated carbocycles. The van der Waals surface area contributed by atoms with E-state index in [1.54, 1.807) is 0 Å². The second-order valence-electron chi connectivity index (χ2n) is 4.43. The molecule has 0 aliphatic carbocycles. The average Bonchev–Trinajstić information content (AvgIpc) is 2.40. The van der Waals surface area contributed by atoms with Crippen LogP contribution in [0.2, 0.25) is 0 Å². The number of benzene rings is 1. The Labute approximate surface area is 102 Å². The van der Waals surface area contributed by atoms with Crippen LogP contribution in [0.3, 0.4) is 0 Å². The van der Waals surface area contributed by atoms with E-state index in [1.165, 1.54) is 5.56 Å². The van der Waals surface area contributed by atoms with Crippen molar-refractivity contribution in [2.45, 2.75) is 38.1 Å². The zero-order chi connectivity index (χ0) is 11.9. The highest BCUT2D eigenvalue weighted by atomic mass is 16.7. The van der Waals surface area contributed by atoms with Gasteiger partial charge in [0.05, 0.1) is 12.7 Å². The summed E-state index contributed by atoms with van der Waals surface area (Å²) in [5.41, 5.74) is 1.18. The molecule has 0 bridgehead atoms. The Morgan fingerprint density at radius 3 is 2.76 bits per heavy atom. The Morgan fingerprint density at radius 1 is 1.29 bits per heavy atom. The fourth-order valence-electron chi connectivity index (χ4n) is 2.07. The molecule has 1 heterocycles. The predicted octanol–water partition coefficient (Wildman–Crippen LogP) is 2.13. The van der Waals surface area contributed by atoms with Crippen molar-refractivity contribution in [3.05, 3.63) is 35.9 Å². The number of rotatable bonds is 5. The van der Waals surface area contributed by atoms with Crippen molar-refractivity contribution in [3.63, 3.8) is 0 Å². The maximum atomic E-state index is 9.34. The lowest BCUT2D eigenvalue weighted by atomic mass is 10.1. The highest BCUT2D eigenvalue weighted by Gasteiger charge is 2.19. The summed E-state index contributed by atoms with van der Waals surface area (Å²) in [6.07, 6.45) is 3.63. The van der Waals surface area contributed by atoms with E-state index in [1.807, 2.05) is 30.3 Å². The Balaban J connectivity index is 1.83. The quantitative estimate of drug-likeness (QED) is 0.851. The van der Waals surface area contributed by atoms with Crippen molar-refractivity contribution in [2.24, 2.45) is 0 Å². The summed E-state index contributed by atoms with van der Waals surface area (Å²) in [5.74, 6) is 0. The molecule has 0 amide bonds. The third kappa shape index (κ3) is 4.11. The second-order valence-corrected chi connectivity index (χ2v) is 4.43. The molecule has 0 radical (unpaired) electrons. The first kappa shape index (κ1) is 12.6. The third-order valence-corrected chi connectivity index (χ3v) is 2.99. The Hall–Kier alpha value is -0.900. The van der Waals surface area contributed by atoms with Crippen LogP contribution in [0.4, 0.5) is 0 Å². The van der Waals surface area contributed by atoms with Crippen LogP contribution in [-0.2, 0) is 15.9 Å². The summed E-state index contributed by atoms with van der Waals surface area (Å²) >= 11 is 0. The van der Waals surface area contributed by atoms with E-state index in [0.29, 0.717) is 0 Å².